The number of carbonyl (C=O) groups is 1. The third-order valence-electron chi connectivity index (χ3n) is 3.05. The Morgan fingerprint density at radius 2 is 2.15 bits per heavy atom. The number of anilines is 1. The number of aromatic nitrogens is 1. The highest BCUT2D eigenvalue weighted by atomic mass is 16.5. The van der Waals surface area contributed by atoms with Gasteiger partial charge in [-0.2, -0.15) is 0 Å². The van der Waals surface area contributed by atoms with E-state index >= 15 is 0 Å². The summed E-state index contributed by atoms with van der Waals surface area (Å²) >= 11 is 0. The zero-order chi connectivity index (χ0) is 14.4. The van der Waals surface area contributed by atoms with Gasteiger partial charge in [0.2, 0.25) is 0 Å². The molecule has 0 radical (unpaired) electrons. The molecule has 0 aliphatic heterocycles. The lowest BCUT2D eigenvalue weighted by molar-refractivity contribution is 0.0600. The summed E-state index contributed by atoms with van der Waals surface area (Å²) < 4.78 is 4.64. The molecule has 2 aromatic rings. The van der Waals surface area contributed by atoms with Gasteiger partial charge >= 0.3 is 5.97 Å². The Balaban J connectivity index is 1.98. The first kappa shape index (κ1) is 14.1. The highest BCUT2D eigenvalue weighted by Gasteiger charge is 2.05. The average Bonchev–Trinajstić information content (AvgIpc) is 2.53. The number of benzene rings is 1. The van der Waals surface area contributed by atoms with Crippen molar-refractivity contribution in [3.8, 4) is 0 Å². The van der Waals surface area contributed by atoms with E-state index in [-0.39, 0.29) is 5.97 Å². The fourth-order valence-corrected chi connectivity index (χ4v) is 1.86. The molecule has 0 spiro atoms. The molecule has 1 N–H and O–H groups in total. The number of rotatable bonds is 5. The smallest absolute Gasteiger partial charge is 0.339 e. The Kier molecular flexibility index (Phi) is 4.71. The SMILES string of the molecule is CCc1cccc(NCc2ccc(C(=O)OC)cn2)c1. The predicted octanol–water partition coefficient (Wildman–Crippen LogP) is 3.04. The van der Waals surface area contributed by atoms with Crippen LogP contribution in [0.1, 0.15) is 28.5 Å². The van der Waals surface area contributed by atoms with Gasteiger partial charge < -0.3 is 10.1 Å². The highest BCUT2D eigenvalue weighted by Crippen LogP contribution is 2.12. The van der Waals surface area contributed by atoms with Crippen LogP contribution in [0.25, 0.3) is 0 Å². The minimum atomic E-state index is -0.368. The van der Waals surface area contributed by atoms with E-state index in [1.54, 1.807) is 6.07 Å². The van der Waals surface area contributed by atoms with Gasteiger partial charge in [-0.3, -0.25) is 4.98 Å². The van der Waals surface area contributed by atoms with Crippen molar-refractivity contribution in [1.29, 1.82) is 0 Å². The molecule has 20 heavy (non-hydrogen) atoms. The molecule has 1 heterocycles. The van der Waals surface area contributed by atoms with Crippen LogP contribution in [-0.4, -0.2) is 18.1 Å². The van der Waals surface area contributed by atoms with E-state index in [9.17, 15) is 4.79 Å². The van der Waals surface area contributed by atoms with Gasteiger partial charge in [-0.05, 0) is 36.2 Å². The van der Waals surface area contributed by atoms with Crippen molar-refractivity contribution in [3.63, 3.8) is 0 Å². The first-order valence-electron chi connectivity index (χ1n) is 6.59. The van der Waals surface area contributed by atoms with E-state index in [0.717, 1.165) is 17.8 Å². The molecular formula is C16H18N2O2. The van der Waals surface area contributed by atoms with Crippen molar-refractivity contribution in [2.75, 3.05) is 12.4 Å². The Morgan fingerprint density at radius 3 is 2.80 bits per heavy atom. The monoisotopic (exact) mass is 270 g/mol. The van der Waals surface area contributed by atoms with Crippen LogP contribution in [0.3, 0.4) is 0 Å². The summed E-state index contributed by atoms with van der Waals surface area (Å²) in [5, 5.41) is 3.32. The second-order valence-electron chi connectivity index (χ2n) is 4.44. The van der Waals surface area contributed by atoms with Crippen molar-refractivity contribution in [1.82, 2.24) is 4.98 Å². The largest absolute Gasteiger partial charge is 0.465 e. The number of aryl methyl sites for hydroxylation is 1. The molecule has 104 valence electrons. The van der Waals surface area contributed by atoms with Crippen LogP contribution in [-0.2, 0) is 17.7 Å². The van der Waals surface area contributed by atoms with Crippen molar-refractivity contribution < 1.29 is 9.53 Å². The first-order chi connectivity index (χ1) is 9.72. The number of hydrogen-bond donors (Lipinski definition) is 1. The number of pyridine rings is 1. The zero-order valence-electron chi connectivity index (χ0n) is 11.7. The minimum absolute atomic E-state index is 0.368. The molecular weight excluding hydrogens is 252 g/mol. The zero-order valence-corrected chi connectivity index (χ0v) is 11.7. The Hall–Kier alpha value is -2.36. The molecule has 0 unspecified atom stereocenters. The van der Waals surface area contributed by atoms with Gasteiger partial charge in [-0.1, -0.05) is 19.1 Å². The van der Waals surface area contributed by atoms with Gasteiger partial charge in [0.05, 0.1) is 24.9 Å². The van der Waals surface area contributed by atoms with Crippen LogP contribution >= 0.6 is 0 Å². The molecule has 0 amide bonds. The maximum Gasteiger partial charge on any atom is 0.339 e. The Morgan fingerprint density at radius 1 is 1.30 bits per heavy atom. The van der Waals surface area contributed by atoms with Gasteiger partial charge in [0.1, 0.15) is 0 Å². The number of carbonyl (C=O) groups excluding carboxylic acids is 1. The van der Waals surface area contributed by atoms with E-state index in [2.05, 4.69) is 34.1 Å². The van der Waals surface area contributed by atoms with E-state index in [4.69, 9.17) is 0 Å². The van der Waals surface area contributed by atoms with Gasteiger partial charge in [0.15, 0.2) is 0 Å². The number of esters is 1. The molecule has 0 fully saturated rings. The van der Waals surface area contributed by atoms with Crippen LogP contribution in [0.2, 0.25) is 0 Å². The van der Waals surface area contributed by atoms with E-state index in [0.29, 0.717) is 12.1 Å². The van der Waals surface area contributed by atoms with Gasteiger partial charge in [-0.15, -0.1) is 0 Å². The number of methoxy groups -OCH3 is 1. The standard InChI is InChI=1S/C16H18N2O2/c1-3-12-5-4-6-14(9-12)18-11-15-8-7-13(10-17-15)16(19)20-2/h4-10,18H,3,11H2,1-2H3. The highest BCUT2D eigenvalue weighted by molar-refractivity contribution is 5.88. The summed E-state index contributed by atoms with van der Waals surface area (Å²) in [5.41, 5.74) is 3.70. The van der Waals surface area contributed by atoms with Crippen LogP contribution < -0.4 is 5.32 Å². The molecule has 0 bridgehead atoms. The lowest BCUT2D eigenvalue weighted by Crippen LogP contribution is -2.05. The van der Waals surface area contributed by atoms with Gasteiger partial charge in [0.25, 0.3) is 0 Å². The van der Waals surface area contributed by atoms with Gasteiger partial charge in [-0.25, -0.2) is 4.79 Å². The van der Waals surface area contributed by atoms with Crippen molar-refractivity contribution in [2.24, 2.45) is 0 Å². The van der Waals surface area contributed by atoms with E-state index in [1.807, 2.05) is 18.2 Å². The summed E-state index contributed by atoms with van der Waals surface area (Å²) in [6.45, 7) is 2.75. The van der Waals surface area contributed by atoms with Crippen molar-refractivity contribution in [3.05, 3.63) is 59.4 Å². The Bertz CT molecular complexity index is 579. The topological polar surface area (TPSA) is 51.2 Å². The minimum Gasteiger partial charge on any atom is -0.465 e. The van der Waals surface area contributed by atoms with Crippen LogP contribution in [0.5, 0.6) is 0 Å². The number of ether oxygens (including phenoxy) is 1. The quantitative estimate of drug-likeness (QED) is 0.848. The second-order valence-corrected chi connectivity index (χ2v) is 4.44. The Labute approximate surface area is 118 Å². The first-order valence-corrected chi connectivity index (χ1v) is 6.59. The van der Waals surface area contributed by atoms with E-state index in [1.165, 1.54) is 18.9 Å². The lowest BCUT2D eigenvalue weighted by atomic mass is 10.1. The maximum absolute atomic E-state index is 11.3. The summed E-state index contributed by atoms with van der Waals surface area (Å²) in [5.74, 6) is -0.368. The van der Waals surface area contributed by atoms with Crippen molar-refractivity contribution >= 4 is 11.7 Å². The number of hydrogen-bond acceptors (Lipinski definition) is 4. The third kappa shape index (κ3) is 3.57. The molecule has 1 aromatic heterocycles. The second kappa shape index (κ2) is 6.70. The van der Waals surface area contributed by atoms with Crippen LogP contribution in [0.15, 0.2) is 42.6 Å². The molecule has 4 heteroatoms. The summed E-state index contributed by atoms with van der Waals surface area (Å²) in [6.07, 6.45) is 2.55. The van der Waals surface area contributed by atoms with Crippen LogP contribution in [0.4, 0.5) is 5.69 Å². The average molecular weight is 270 g/mol. The predicted molar refractivity (Wildman–Crippen MR) is 78.7 cm³/mol. The third-order valence-corrected chi connectivity index (χ3v) is 3.05. The molecule has 0 atom stereocenters. The molecule has 0 saturated carbocycles. The van der Waals surface area contributed by atoms with E-state index < -0.39 is 0 Å². The maximum atomic E-state index is 11.3. The molecule has 2 rings (SSSR count). The fraction of sp³-hybridized carbons (Fsp3) is 0.250. The number of nitrogens with one attached hydrogen (secondary N) is 1. The molecule has 0 aliphatic rings. The molecule has 1 aromatic carbocycles. The molecule has 0 aliphatic carbocycles. The number of nitrogens with zero attached hydrogens (tertiary/aromatic N) is 1. The molecule has 0 saturated heterocycles. The summed E-state index contributed by atoms with van der Waals surface area (Å²) in [4.78, 5) is 15.5. The normalized spacial score (nSPS) is 10.1. The van der Waals surface area contributed by atoms with Gasteiger partial charge in [0, 0.05) is 11.9 Å². The molecule has 4 nitrogen and oxygen atoms in total. The van der Waals surface area contributed by atoms with Crippen molar-refractivity contribution in [2.45, 2.75) is 19.9 Å². The van der Waals surface area contributed by atoms with Crippen LogP contribution in [0, 0.1) is 0 Å². The lowest BCUT2D eigenvalue weighted by Gasteiger charge is -2.07. The summed E-state index contributed by atoms with van der Waals surface area (Å²) in [6, 6.07) is 11.8. The summed E-state index contributed by atoms with van der Waals surface area (Å²) in [7, 11) is 1.36. The fourth-order valence-electron chi connectivity index (χ4n) is 1.86.